The zero-order valence-electron chi connectivity index (χ0n) is 13.7. The van der Waals surface area contributed by atoms with Crippen molar-refractivity contribution >= 4 is 25.7 Å². The van der Waals surface area contributed by atoms with Crippen molar-refractivity contribution in [2.24, 2.45) is 0 Å². The lowest BCUT2D eigenvalue weighted by molar-refractivity contribution is 0.556. The van der Waals surface area contributed by atoms with Crippen LogP contribution < -0.4 is 9.44 Å². The van der Waals surface area contributed by atoms with E-state index in [1.165, 1.54) is 24.3 Å². The van der Waals surface area contributed by atoms with Crippen molar-refractivity contribution in [2.75, 3.05) is 4.72 Å². The number of sulfonamides is 2. The van der Waals surface area contributed by atoms with E-state index in [0.29, 0.717) is 6.42 Å². The molecule has 0 bridgehead atoms. The van der Waals surface area contributed by atoms with Gasteiger partial charge in [-0.2, -0.15) is 0 Å². The first-order valence-corrected chi connectivity index (χ1v) is 10.5. The fourth-order valence-electron chi connectivity index (χ4n) is 1.95. The van der Waals surface area contributed by atoms with Crippen LogP contribution >= 0.6 is 0 Å². The molecule has 2 rings (SSSR count). The predicted molar refractivity (Wildman–Crippen MR) is 93.7 cm³/mol. The van der Waals surface area contributed by atoms with Crippen LogP contribution in [0.5, 0.6) is 0 Å². The van der Waals surface area contributed by atoms with Crippen LogP contribution in [0.2, 0.25) is 0 Å². The molecule has 1 atom stereocenters. The van der Waals surface area contributed by atoms with Gasteiger partial charge in [-0.3, -0.25) is 4.72 Å². The number of anilines is 1. The third-order valence-corrected chi connectivity index (χ3v) is 6.51. The number of rotatable bonds is 7. The van der Waals surface area contributed by atoms with Crippen LogP contribution in [0.15, 0.2) is 58.3 Å². The van der Waals surface area contributed by atoms with Crippen LogP contribution in [0.4, 0.5) is 10.1 Å². The minimum Gasteiger partial charge on any atom is -0.280 e. The number of halogens is 1. The standard InChI is InChI=1S/C16H19FN2O4S2/c1-3-12(2)18-24(20,21)16-10-6-14(7-11-16)19-25(22,23)15-8-4-13(17)5-9-15/h4-12,18-19H,3H2,1-2H3/t12-/m1/s1. The Kier molecular flexibility index (Phi) is 5.81. The van der Waals surface area contributed by atoms with Gasteiger partial charge in [0, 0.05) is 11.7 Å². The molecule has 136 valence electrons. The van der Waals surface area contributed by atoms with Crippen molar-refractivity contribution in [3.63, 3.8) is 0 Å². The molecule has 2 aromatic carbocycles. The molecular formula is C16H19FN2O4S2. The highest BCUT2D eigenvalue weighted by Crippen LogP contribution is 2.19. The molecule has 0 amide bonds. The first-order chi connectivity index (χ1) is 11.6. The molecule has 25 heavy (non-hydrogen) atoms. The highest BCUT2D eigenvalue weighted by molar-refractivity contribution is 7.92. The normalized spacial score (nSPS) is 13.4. The second-order valence-electron chi connectivity index (χ2n) is 5.51. The lowest BCUT2D eigenvalue weighted by Crippen LogP contribution is -2.31. The molecule has 9 heteroatoms. The monoisotopic (exact) mass is 386 g/mol. The van der Waals surface area contributed by atoms with Gasteiger partial charge in [-0.25, -0.2) is 25.9 Å². The number of nitrogens with one attached hydrogen (secondary N) is 2. The molecule has 0 aliphatic rings. The zero-order valence-corrected chi connectivity index (χ0v) is 15.4. The Morgan fingerprint density at radius 3 is 1.88 bits per heavy atom. The van der Waals surface area contributed by atoms with Crippen LogP contribution in [0.3, 0.4) is 0 Å². The molecule has 6 nitrogen and oxygen atoms in total. The first kappa shape index (κ1) is 19.4. The van der Waals surface area contributed by atoms with Gasteiger partial charge >= 0.3 is 0 Å². The molecular weight excluding hydrogens is 367 g/mol. The summed E-state index contributed by atoms with van der Waals surface area (Å²) in [5, 5.41) is 0. The topological polar surface area (TPSA) is 92.3 Å². The molecule has 2 N–H and O–H groups in total. The van der Waals surface area contributed by atoms with Gasteiger partial charge in [-0.1, -0.05) is 6.92 Å². The second-order valence-corrected chi connectivity index (χ2v) is 8.91. The minimum absolute atomic E-state index is 0.0394. The van der Waals surface area contributed by atoms with E-state index >= 15 is 0 Å². The number of hydrogen-bond donors (Lipinski definition) is 2. The van der Waals surface area contributed by atoms with Crippen molar-refractivity contribution in [3.8, 4) is 0 Å². The smallest absolute Gasteiger partial charge is 0.261 e. The summed E-state index contributed by atoms with van der Waals surface area (Å²) < 4.78 is 66.5. The van der Waals surface area contributed by atoms with E-state index in [1.54, 1.807) is 6.92 Å². The van der Waals surface area contributed by atoms with Crippen LogP contribution in [0.1, 0.15) is 20.3 Å². The van der Waals surface area contributed by atoms with Crippen molar-refractivity contribution in [1.82, 2.24) is 4.72 Å². The number of benzene rings is 2. The Hall–Kier alpha value is -1.97. The van der Waals surface area contributed by atoms with E-state index in [1.807, 2.05) is 6.92 Å². The largest absolute Gasteiger partial charge is 0.280 e. The van der Waals surface area contributed by atoms with Gasteiger partial charge in [0.15, 0.2) is 0 Å². The predicted octanol–water partition coefficient (Wildman–Crippen LogP) is 2.70. The Bertz CT molecular complexity index is 925. The molecule has 0 unspecified atom stereocenters. The van der Waals surface area contributed by atoms with Gasteiger partial charge in [0.2, 0.25) is 10.0 Å². The lowest BCUT2D eigenvalue weighted by atomic mass is 10.3. The third kappa shape index (κ3) is 5.00. The van der Waals surface area contributed by atoms with Crippen molar-refractivity contribution in [2.45, 2.75) is 36.1 Å². The highest BCUT2D eigenvalue weighted by atomic mass is 32.2. The quantitative estimate of drug-likeness (QED) is 0.765. The summed E-state index contributed by atoms with van der Waals surface area (Å²) in [5.41, 5.74) is 0.201. The summed E-state index contributed by atoms with van der Waals surface area (Å²) >= 11 is 0. The van der Waals surface area contributed by atoms with Crippen LogP contribution in [0.25, 0.3) is 0 Å². The van der Waals surface area contributed by atoms with Crippen molar-refractivity contribution in [1.29, 1.82) is 0 Å². The highest BCUT2D eigenvalue weighted by Gasteiger charge is 2.18. The SMILES string of the molecule is CC[C@@H](C)NS(=O)(=O)c1ccc(NS(=O)(=O)c2ccc(F)cc2)cc1. The first-order valence-electron chi connectivity index (χ1n) is 7.55. The summed E-state index contributed by atoms with van der Waals surface area (Å²) in [4.78, 5) is -0.0541. The average molecular weight is 386 g/mol. The van der Waals surface area contributed by atoms with Crippen LogP contribution in [-0.2, 0) is 20.0 Å². The van der Waals surface area contributed by atoms with E-state index in [9.17, 15) is 21.2 Å². The molecule has 0 fully saturated rings. The summed E-state index contributed by atoms with van der Waals surface area (Å²) in [5.74, 6) is -0.540. The Balaban J connectivity index is 2.19. The maximum atomic E-state index is 12.9. The molecule has 0 aromatic heterocycles. The summed E-state index contributed by atoms with van der Waals surface area (Å²) in [6.07, 6.45) is 0.648. The fraction of sp³-hybridized carbons (Fsp3) is 0.250. The van der Waals surface area contributed by atoms with Gasteiger partial charge in [0.25, 0.3) is 10.0 Å². The minimum atomic E-state index is -3.88. The van der Waals surface area contributed by atoms with Crippen molar-refractivity contribution < 1.29 is 21.2 Å². The van der Waals surface area contributed by atoms with Crippen LogP contribution in [-0.4, -0.2) is 22.9 Å². The summed E-state index contributed by atoms with van der Waals surface area (Å²) in [6, 6.07) is 9.51. The molecule has 0 aliphatic heterocycles. The molecule has 0 aliphatic carbocycles. The maximum Gasteiger partial charge on any atom is 0.261 e. The van der Waals surface area contributed by atoms with E-state index in [4.69, 9.17) is 0 Å². The second kappa shape index (κ2) is 7.51. The molecule has 0 heterocycles. The van der Waals surface area contributed by atoms with E-state index < -0.39 is 25.9 Å². The molecule has 0 saturated heterocycles. The summed E-state index contributed by atoms with van der Waals surface area (Å²) in [7, 11) is -7.54. The van der Waals surface area contributed by atoms with E-state index in [-0.39, 0.29) is 21.5 Å². The Labute approximate surface area is 147 Å². The third-order valence-electron chi connectivity index (χ3n) is 3.51. The number of hydrogen-bond acceptors (Lipinski definition) is 4. The van der Waals surface area contributed by atoms with Gasteiger partial charge in [-0.05, 0) is 61.9 Å². The molecule has 0 spiro atoms. The van der Waals surface area contributed by atoms with Gasteiger partial charge in [-0.15, -0.1) is 0 Å². The molecule has 0 saturated carbocycles. The lowest BCUT2D eigenvalue weighted by Gasteiger charge is -2.13. The molecule has 0 radical (unpaired) electrons. The van der Waals surface area contributed by atoms with E-state index in [2.05, 4.69) is 9.44 Å². The fourth-order valence-corrected chi connectivity index (χ4v) is 4.33. The van der Waals surface area contributed by atoms with Crippen molar-refractivity contribution in [3.05, 3.63) is 54.3 Å². The maximum absolute atomic E-state index is 12.9. The summed E-state index contributed by atoms with van der Waals surface area (Å²) in [6.45, 7) is 3.61. The van der Waals surface area contributed by atoms with Gasteiger partial charge in [0.05, 0.1) is 9.79 Å². The van der Waals surface area contributed by atoms with Gasteiger partial charge in [0.1, 0.15) is 5.82 Å². The van der Waals surface area contributed by atoms with E-state index in [0.717, 1.165) is 24.3 Å². The van der Waals surface area contributed by atoms with Gasteiger partial charge < -0.3 is 0 Å². The van der Waals surface area contributed by atoms with Crippen LogP contribution in [0, 0.1) is 5.82 Å². The Morgan fingerprint density at radius 2 is 1.36 bits per heavy atom. The Morgan fingerprint density at radius 1 is 0.880 bits per heavy atom. The average Bonchev–Trinajstić information content (AvgIpc) is 2.55. The molecule has 2 aromatic rings. The zero-order chi connectivity index (χ0) is 18.7.